The SMILES string of the molecule is Cc1nn(-c2ccccc2)c2ncc3c(O)c(C(=O)N/N=C/c4ccccc4)sc3c12. The zero-order valence-corrected chi connectivity index (χ0v) is 17.3. The molecule has 0 saturated carbocycles. The van der Waals surface area contributed by atoms with Crippen molar-refractivity contribution in [3.05, 3.63) is 83.0 Å². The third-order valence-corrected chi connectivity index (χ3v) is 6.10. The average Bonchev–Trinajstić information content (AvgIpc) is 3.32. The largest absolute Gasteiger partial charge is 0.506 e. The molecule has 0 fully saturated rings. The van der Waals surface area contributed by atoms with Gasteiger partial charge in [-0.25, -0.2) is 15.1 Å². The number of rotatable bonds is 4. The summed E-state index contributed by atoms with van der Waals surface area (Å²) in [6, 6.07) is 19.1. The molecule has 0 bridgehead atoms. The number of hydrogen-bond donors (Lipinski definition) is 2. The number of para-hydroxylation sites is 1. The smallest absolute Gasteiger partial charge is 0.285 e. The zero-order valence-electron chi connectivity index (χ0n) is 16.5. The normalized spacial score (nSPS) is 11.5. The Hall–Kier alpha value is -4.04. The number of thiophene rings is 1. The molecule has 0 atom stereocenters. The average molecular weight is 427 g/mol. The summed E-state index contributed by atoms with van der Waals surface area (Å²) in [7, 11) is 0. The van der Waals surface area contributed by atoms with Gasteiger partial charge < -0.3 is 5.11 Å². The number of aryl methyl sites for hydroxylation is 1. The lowest BCUT2D eigenvalue weighted by Gasteiger charge is -2.01. The van der Waals surface area contributed by atoms with Gasteiger partial charge in [0, 0.05) is 6.20 Å². The van der Waals surface area contributed by atoms with E-state index in [4.69, 9.17) is 0 Å². The van der Waals surface area contributed by atoms with Crippen LogP contribution in [-0.4, -0.2) is 32.0 Å². The van der Waals surface area contributed by atoms with E-state index in [1.165, 1.54) is 11.3 Å². The minimum Gasteiger partial charge on any atom is -0.506 e. The van der Waals surface area contributed by atoms with Crippen LogP contribution >= 0.6 is 11.3 Å². The number of nitrogens with one attached hydrogen (secondary N) is 1. The lowest BCUT2D eigenvalue weighted by atomic mass is 10.2. The minimum atomic E-state index is -0.480. The van der Waals surface area contributed by atoms with E-state index >= 15 is 0 Å². The molecule has 5 aromatic rings. The zero-order chi connectivity index (χ0) is 21.4. The molecular weight excluding hydrogens is 410 g/mol. The predicted octanol–water partition coefficient (Wildman–Crippen LogP) is 4.41. The van der Waals surface area contributed by atoms with Gasteiger partial charge in [-0.1, -0.05) is 48.5 Å². The number of pyridine rings is 1. The van der Waals surface area contributed by atoms with E-state index < -0.39 is 5.91 Å². The lowest BCUT2D eigenvalue weighted by Crippen LogP contribution is -2.16. The van der Waals surface area contributed by atoms with Crippen molar-refractivity contribution < 1.29 is 9.90 Å². The molecule has 0 aliphatic rings. The summed E-state index contributed by atoms with van der Waals surface area (Å²) >= 11 is 1.20. The number of nitrogens with zero attached hydrogens (tertiary/aromatic N) is 4. The number of amides is 1. The highest BCUT2D eigenvalue weighted by molar-refractivity contribution is 7.22. The van der Waals surface area contributed by atoms with Gasteiger partial charge in [0.25, 0.3) is 5.91 Å². The highest BCUT2D eigenvalue weighted by Crippen LogP contribution is 2.41. The standard InChI is InChI=1S/C23H17N5O2S/c1-14-18-20-17(13-24-22(18)28(27-14)16-10-6-3-7-11-16)19(29)21(31-20)23(30)26-25-12-15-8-4-2-5-9-15/h2-13,29H,1H3,(H,26,30)/b25-12+. The van der Waals surface area contributed by atoms with Gasteiger partial charge in [0.1, 0.15) is 10.6 Å². The number of hydrogen-bond acceptors (Lipinski definition) is 6. The van der Waals surface area contributed by atoms with E-state index in [-0.39, 0.29) is 10.6 Å². The Morgan fingerprint density at radius 3 is 2.58 bits per heavy atom. The molecule has 2 N–H and O–H groups in total. The molecule has 31 heavy (non-hydrogen) atoms. The third kappa shape index (κ3) is 3.32. The molecule has 0 unspecified atom stereocenters. The molecule has 0 aliphatic heterocycles. The maximum Gasteiger partial charge on any atom is 0.285 e. The summed E-state index contributed by atoms with van der Waals surface area (Å²) in [6.07, 6.45) is 3.13. The van der Waals surface area contributed by atoms with Crippen molar-refractivity contribution in [1.29, 1.82) is 0 Å². The molecule has 3 heterocycles. The van der Waals surface area contributed by atoms with Gasteiger partial charge in [-0.2, -0.15) is 10.2 Å². The van der Waals surface area contributed by atoms with E-state index in [0.29, 0.717) is 11.0 Å². The first-order chi connectivity index (χ1) is 15.1. The third-order valence-electron chi connectivity index (χ3n) is 4.88. The number of aromatic nitrogens is 3. The molecule has 0 radical (unpaired) electrons. The maximum atomic E-state index is 12.7. The molecule has 1 amide bonds. The first kappa shape index (κ1) is 19.0. The fourth-order valence-corrected chi connectivity index (χ4v) is 4.57. The predicted molar refractivity (Wildman–Crippen MR) is 122 cm³/mol. The summed E-state index contributed by atoms with van der Waals surface area (Å²) < 4.78 is 2.53. The molecule has 0 spiro atoms. The van der Waals surface area contributed by atoms with Gasteiger partial charge in [0.15, 0.2) is 5.65 Å². The fourth-order valence-electron chi connectivity index (χ4n) is 3.42. The molecule has 152 valence electrons. The number of carbonyl (C=O) groups is 1. The number of benzene rings is 2. The second-order valence-electron chi connectivity index (χ2n) is 6.92. The van der Waals surface area contributed by atoms with Crippen molar-refractivity contribution in [1.82, 2.24) is 20.2 Å². The number of carbonyl (C=O) groups excluding carboxylic acids is 1. The van der Waals surface area contributed by atoms with E-state index in [0.717, 1.165) is 27.0 Å². The Morgan fingerprint density at radius 2 is 1.84 bits per heavy atom. The van der Waals surface area contributed by atoms with E-state index in [9.17, 15) is 9.90 Å². The van der Waals surface area contributed by atoms with Crippen LogP contribution in [-0.2, 0) is 0 Å². The second-order valence-corrected chi connectivity index (χ2v) is 7.94. The maximum absolute atomic E-state index is 12.7. The molecule has 8 heteroatoms. The Balaban J connectivity index is 1.54. The Labute approximate surface area is 181 Å². The minimum absolute atomic E-state index is 0.103. The van der Waals surface area contributed by atoms with Crippen LogP contribution in [0.25, 0.3) is 26.8 Å². The molecule has 0 aliphatic carbocycles. The van der Waals surface area contributed by atoms with Crippen molar-refractivity contribution in [3.63, 3.8) is 0 Å². The number of aromatic hydroxyl groups is 1. The molecule has 5 rings (SSSR count). The number of fused-ring (bicyclic) bond motifs is 3. The molecule has 7 nitrogen and oxygen atoms in total. The highest BCUT2D eigenvalue weighted by Gasteiger charge is 2.22. The van der Waals surface area contributed by atoms with E-state index in [1.54, 1.807) is 17.1 Å². The van der Waals surface area contributed by atoms with Crippen molar-refractivity contribution in [2.24, 2.45) is 5.10 Å². The van der Waals surface area contributed by atoms with Crippen LogP contribution in [0.4, 0.5) is 0 Å². The van der Waals surface area contributed by atoms with E-state index in [1.807, 2.05) is 67.6 Å². The van der Waals surface area contributed by atoms with Crippen molar-refractivity contribution in [2.75, 3.05) is 0 Å². The van der Waals surface area contributed by atoms with Crippen LogP contribution in [0.2, 0.25) is 0 Å². The van der Waals surface area contributed by atoms with Gasteiger partial charge in [-0.15, -0.1) is 11.3 Å². The summed E-state index contributed by atoms with van der Waals surface area (Å²) in [5.74, 6) is -0.583. The van der Waals surface area contributed by atoms with Gasteiger partial charge in [0.05, 0.1) is 33.1 Å². The topological polar surface area (TPSA) is 92.4 Å². The summed E-state index contributed by atoms with van der Waals surface area (Å²) in [6.45, 7) is 1.89. The highest BCUT2D eigenvalue weighted by atomic mass is 32.1. The van der Waals surface area contributed by atoms with Crippen molar-refractivity contribution >= 4 is 44.6 Å². The summed E-state index contributed by atoms with van der Waals surface area (Å²) in [5.41, 5.74) is 5.68. The van der Waals surface area contributed by atoms with Gasteiger partial charge in [0.2, 0.25) is 0 Å². The van der Waals surface area contributed by atoms with E-state index in [2.05, 4.69) is 20.6 Å². The monoisotopic (exact) mass is 427 g/mol. The number of hydrazone groups is 1. The second kappa shape index (κ2) is 7.66. The summed E-state index contributed by atoms with van der Waals surface area (Å²) in [5, 5.41) is 20.6. The molecule has 2 aromatic carbocycles. The van der Waals surface area contributed by atoms with Crippen molar-refractivity contribution in [3.8, 4) is 11.4 Å². The van der Waals surface area contributed by atoms with Crippen molar-refractivity contribution in [2.45, 2.75) is 6.92 Å². The van der Waals surface area contributed by atoms with Gasteiger partial charge >= 0.3 is 0 Å². The molecule has 0 saturated heterocycles. The van der Waals surface area contributed by atoms with Gasteiger partial charge in [-0.3, -0.25) is 4.79 Å². The summed E-state index contributed by atoms with van der Waals surface area (Å²) in [4.78, 5) is 17.4. The lowest BCUT2D eigenvalue weighted by molar-refractivity contribution is 0.0957. The Morgan fingerprint density at radius 1 is 1.13 bits per heavy atom. The quantitative estimate of drug-likeness (QED) is 0.328. The van der Waals surface area contributed by atoms with Crippen LogP contribution < -0.4 is 5.43 Å². The van der Waals surface area contributed by atoms with Crippen LogP contribution in [0.1, 0.15) is 20.9 Å². The molecule has 3 aromatic heterocycles. The van der Waals surface area contributed by atoms with Crippen LogP contribution in [0.15, 0.2) is 72.0 Å². The Bertz CT molecular complexity index is 1440. The molecular formula is C23H17N5O2S. The van der Waals surface area contributed by atoms with Crippen LogP contribution in [0.3, 0.4) is 0 Å². The first-order valence-electron chi connectivity index (χ1n) is 9.57. The van der Waals surface area contributed by atoms with Crippen LogP contribution in [0.5, 0.6) is 5.75 Å². The fraction of sp³-hybridized carbons (Fsp3) is 0.0435. The Kier molecular flexibility index (Phi) is 4.68. The van der Waals surface area contributed by atoms with Gasteiger partial charge in [-0.05, 0) is 24.6 Å². The first-order valence-corrected chi connectivity index (χ1v) is 10.4. The van der Waals surface area contributed by atoms with Crippen LogP contribution in [0, 0.1) is 6.92 Å².